The number of amides is 1. The quantitative estimate of drug-likeness (QED) is 0.802. The molecule has 1 fully saturated rings. The summed E-state index contributed by atoms with van der Waals surface area (Å²) in [4.78, 5) is 16.7. The molecule has 1 aromatic rings. The minimum Gasteiger partial charge on any atom is -0.351 e. The Morgan fingerprint density at radius 3 is 2.61 bits per heavy atom. The molecule has 1 aromatic carbocycles. The zero-order valence-corrected chi connectivity index (χ0v) is 17.9. The van der Waals surface area contributed by atoms with Crippen LogP contribution in [0, 0.1) is 11.8 Å². The van der Waals surface area contributed by atoms with Crippen LogP contribution >= 0.6 is 0 Å². The van der Waals surface area contributed by atoms with Crippen LogP contribution in [0.1, 0.15) is 32.8 Å². The molecule has 3 unspecified atom stereocenters. The van der Waals surface area contributed by atoms with Crippen molar-refractivity contribution >= 4 is 21.8 Å². The van der Waals surface area contributed by atoms with E-state index in [-0.39, 0.29) is 23.4 Å². The zero-order chi connectivity index (χ0) is 20.5. The fourth-order valence-corrected chi connectivity index (χ4v) is 5.60. The molecule has 0 spiro atoms. The van der Waals surface area contributed by atoms with Gasteiger partial charge in [-0.15, -0.1) is 4.40 Å². The van der Waals surface area contributed by atoms with Gasteiger partial charge in [0.2, 0.25) is 5.91 Å². The topological polar surface area (TPSA) is 82.1 Å². The van der Waals surface area contributed by atoms with Crippen molar-refractivity contribution in [2.75, 3.05) is 33.2 Å². The Balaban J connectivity index is 1.56. The van der Waals surface area contributed by atoms with Gasteiger partial charge in [0.1, 0.15) is 4.90 Å². The Kier molecular flexibility index (Phi) is 6.09. The maximum absolute atomic E-state index is 12.5. The van der Waals surface area contributed by atoms with Gasteiger partial charge in [0.05, 0.1) is 6.54 Å². The molecule has 3 rings (SSSR count). The molecule has 154 valence electrons. The Morgan fingerprint density at radius 2 is 1.93 bits per heavy atom. The van der Waals surface area contributed by atoms with Crippen LogP contribution in [0.25, 0.3) is 0 Å². The molecule has 1 amide bonds. The number of likely N-dealkylation sites (N-methyl/N-ethyl adjacent to an activating group) is 1. The molecule has 0 radical (unpaired) electrons. The first kappa shape index (κ1) is 20.8. The van der Waals surface area contributed by atoms with Crippen molar-refractivity contribution in [2.45, 2.75) is 38.1 Å². The van der Waals surface area contributed by atoms with Gasteiger partial charge in [-0.1, -0.05) is 26.0 Å². The van der Waals surface area contributed by atoms with Crippen LogP contribution in [-0.2, 0) is 14.8 Å². The largest absolute Gasteiger partial charge is 0.351 e. The summed E-state index contributed by atoms with van der Waals surface area (Å²) >= 11 is 0. The number of carbonyl (C=O) groups is 1. The number of rotatable bonds is 5. The third kappa shape index (κ3) is 4.72. The number of fused-ring (bicyclic) bond motifs is 1. The van der Waals surface area contributed by atoms with Crippen LogP contribution in [0.3, 0.4) is 0 Å². The molecule has 1 N–H and O–H groups in total. The molecule has 28 heavy (non-hydrogen) atoms. The summed E-state index contributed by atoms with van der Waals surface area (Å²) in [6, 6.07) is 6.73. The molecule has 0 aromatic heterocycles. The van der Waals surface area contributed by atoms with Gasteiger partial charge in [-0.2, -0.15) is 8.42 Å². The number of nitrogens with zero attached hydrogens (tertiary/aromatic N) is 3. The average Bonchev–Trinajstić information content (AvgIpc) is 2.85. The van der Waals surface area contributed by atoms with Crippen LogP contribution in [0.15, 0.2) is 33.6 Å². The van der Waals surface area contributed by atoms with Crippen LogP contribution in [0.4, 0.5) is 0 Å². The fraction of sp³-hybridized carbons (Fsp3) is 0.600. The lowest BCUT2D eigenvalue weighted by atomic mass is 9.92. The summed E-state index contributed by atoms with van der Waals surface area (Å²) in [5.74, 6) is 1.54. The van der Waals surface area contributed by atoms with Crippen LogP contribution in [0.2, 0.25) is 0 Å². The number of sulfonamides is 1. The van der Waals surface area contributed by atoms with Gasteiger partial charge in [-0.3, -0.25) is 4.79 Å². The van der Waals surface area contributed by atoms with Gasteiger partial charge in [-0.25, -0.2) is 0 Å². The van der Waals surface area contributed by atoms with E-state index in [9.17, 15) is 13.2 Å². The first-order chi connectivity index (χ1) is 13.2. The van der Waals surface area contributed by atoms with E-state index in [2.05, 4.69) is 28.5 Å². The van der Waals surface area contributed by atoms with Crippen LogP contribution < -0.4 is 5.32 Å². The van der Waals surface area contributed by atoms with Crippen molar-refractivity contribution in [1.82, 2.24) is 15.1 Å². The Labute approximate surface area is 167 Å². The number of hydrogen-bond donors (Lipinski definition) is 1. The second kappa shape index (κ2) is 8.21. The van der Waals surface area contributed by atoms with Crippen molar-refractivity contribution in [1.29, 1.82) is 0 Å². The van der Waals surface area contributed by atoms with Crippen LogP contribution in [-0.4, -0.2) is 69.2 Å². The fourth-order valence-electron chi connectivity index (χ4n) is 4.35. The second-order valence-electron chi connectivity index (χ2n) is 8.38. The maximum Gasteiger partial charge on any atom is 0.285 e. The summed E-state index contributed by atoms with van der Waals surface area (Å²) in [5.41, 5.74) is 0.544. The van der Waals surface area contributed by atoms with Crippen molar-refractivity contribution in [3.05, 3.63) is 29.8 Å². The van der Waals surface area contributed by atoms with E-state index in [1.54, 1.807) is 30.1 Å². The molecule has 2 heterocycles. The van der Waals surface area contributed by atoms with Crippen molar-refractivity contribution in [2.24, 2.45) is 16.2 Å². The Morgan fingerprint density at radius 1 is 1.29 bits per heavy atom. The van der Waals surface area contributed by atoms with Gasteiger partial charge in [0.15, 0.2) is 5.84 Å². The van der Waals surface area contributed by atoms with Crippen molar-refractivity contribution in [3.8, 4) is 0 Å². The first-order valence-electron chi connectivity index (χ1n) is 9.83. The normalized spacial score (nSPS) is 24.9. The third-order valence-electron chi connectivity index (χ3n) is 5.24. The van der Waals surface area contributed by atoms with E-state index >= 15 is 0 Å². The van der Waals surface area contributed by atoms with E-state index in [1.165, 1.54) is 12.5 Å². The summed E-state index contributed by atoms with van der Waals surface area (Å²) in [6.07, 6.45) is 1.26. The monoisotopic (exact) mass is 406 g/mol. The molecule has 0 saturated carbocycles. The molecule has 8 heteroatoms. The minimum absolute atomic E-state index is 0.0277. The van der Waals surface area contributed by atoms with Crippen LogP contribution in [0.5, 0.6) is 0 Å². The summed E-state index contributed by atoms with van der Waals surface area (Å²) in [5, 5.41) is 3.03. The molecule has 0 bridgehead atoms. The molecule has 2 aliphatic heterocycles. The summed E-state index contributed by atoms with van der Waals surface area (Å²) in [7, 11) is -1.99. The highest BCUT2D eigenvalue weighted by Crippen LogP contribution is 2.26. The molecule has 3 atom stereocenters. The number of carbonyl (C=O) groups excluding carboxylic acids is 1. The lowest BCUT2D eigenvalue weighted by Crippen LogP contribution is -2.49. The zero-order valence-electron chi connectivity index (χ0n) is 17.1. The molecule has 7 nitrogen and oxygen atoms in total. The van der Waals surface area contributed by atoms with E-state index in [0.717, 1.165) is 19.6 Å². The number of likely N-dealkylation sites (tertiary alicyclic amines) is 1. The van der Waals surface area contributed by atoms with Gasteiger partial charge in [-0.05, 0) is 37.3 Å². The number of benzene rings is 1. The lowest BCUT2D eigenvalue weighted by molar-refractivity contribution is -0.122. The number of piperidine rings is 1. The Hall–Kier alpha value is -1.93. The van der Waals surface area contributed by atoms with Gasteiger partial charge >= 0.3 is 0 Å². The van der Waals surface area contributed by atoms with E-state index in [1.807, 2.05) is 6.92 Å². The summed E-state index contributed by atoms with van der Waals surface area (Å²) < 4.78 is 28.2. The number of hydrogen-bond acceptors (Lipinski definition) is 5. The SMILES string of the molecule is CC1CC(C)CN(CC(C)NC(=O)CN(C)C2=NS(=O)(=O)c3ccccc32)C1. The number of nitrogens with one attached hydrogen (secondary N) is 1. The van der Waals surface area contributed by atoms with Gasteiger partial charge < -0.3 is 15.1 Å². The lowest BCUT2D eigenvalue weighted by Gasteiger charge is -2.36. The second-order valence-corrected chi connectivity index (χ2v) is 9.95. The Bertz CT molecular complexity index is 858. The van der Waals surface area contributed by atoms with Gasteiger partial charge in [0, 0.05) is 38.3 Å². The molecule has 1 saturated heterocycles. The average molecular weight is 407 g/mol. The standard InChI is InChI=1S/C20H30N4O3S/c1-14-9-15(2)11-24(10-14)12-16(3)21-19(25)13-23(4)20-17-7-5-6-8-18(17)28(26,27)22-20/h5-8,14-16H,9-13H2,1-4H3,(H,21,25). The molecular formula is C20H30N4O3S. The van der Waals surface area contributed by atoms with E-state index in [4.69, 9.17) is 0 Å². The first-order valence-corrected chi connectivity index (χ1v) is 11.3. The third-order valence-corrected chi connectivity index (χ3v) is 6.56. The highest BCUT2D eigenvalue weighted by atomic mass is 32.2. The predicted molar refractivity (Wildman–Crippen MR) is 110 cm³/mol. The maximum atomic E-state index is 12.5. The minimum atomic E-state index is -3.68. The molecule has 2 aliphatic rings. The smallest absolute Gasteiger partial charge is 0.285 e. The van der Waals surface area contributed by atoms with Crippen molar-refractivity contribution < 1.29 is 13.2 Å². The number of amidine groups is 1. The summed E-state index contributed by atoms with van der Waals surface area (Å²) in [6.45, 7) is 9.56. The van der Waals surface area contributed by atoms with E-state index < -0.39 is 10.0 Å². The predicted octanol–water partition coefficient (Wildman–Crippen LogP) is 1.55. The van der Waals surface area contributed by atoms with Crippen molar-refractivity contribution in [3.63, 3.8) is 0 Å². The highest BCUT2D eigenvalue weighted by Gasteiger charge is 2.31. The van der Waals surface area contributed by atoms with Gasteiger partial charge in [0.25, 0.3) is 10.0 Å². The molecular weight excluding hydrogens is 376 g/mol. The molecule has 0 aliphatic carbocycles. The highest BCUT2D eigenvalue weighted by molar-refractivity contribution is 7.90. The van der Waals surface area contributed by atoms with E-state index in [0.29, 0.717) is 23.2 Å².